The molecule has 0 radical (unpaired) electrons. The Kier molecular flexibility index (Phi) is 3.56. The molecule has 0 amide bonds. The van der Waals surface area contributed by atoms with E-state index in [0.29, 0.717) is 17.8 Å². The second-order valence-electron chi connectivity index (χ2n) is 3.96. The number of nitro benzene ring substituents is 1. The Morgan fingerprint density at radius 3 is 2.53 bits per heavy atom. The third-order valence-electron chi connectivity index (χ3n) is 2.64. The van der Waals surface area contributed by atoms with Gasteiger partial charge in [-0.2, -0.15) is 0 Å². The highest BCUT2D eigenvalue weighted by molar-refractivity contribution is 5.81. The number of para-hydroxylation sites is 1. The van der Waals surface area contributed by atoms with Gasteiger partial charge in [0, 0.05) is 12.1 Å². The Bertz CT molecular complexity index is 637. The van der Waals surface area contributed by atoms with E-state index in [9.17, 15) is 14.9 Å². The van der Waals surface area contributed by atoms with E-state index in [1.807, 2.05) is 25.1 Å². The van der Waals surface area contributed by atoms with Gasteiger partial charge in [-0.15, -0.1) is 0 Å². The molecule has 0 fully saturated rings. The van der Waals surface area contributed by atoms with Crippen molar-refractivity contribution >= 4 is 12.0 Å². The van der Waals surface area contributed by atoms with Gasteiger partial charge in [-0.05, 0) is 24.6 Å². The molecule has 0 aliphatic heterocycles. The van der Waals surface area contributed by atoms with E-state index in [0.717, 1.165) is 5.56 Å². The van der Waals surface area contributed by atoms with Crippen molar-refractivity contribution in [1.82, 2.24) is 0 Å². The fraction of sp³-hybridized carbons (Fsp3) is 0.0714. The number of ether oxygens (including phenoxy) is 1. The molecule has 0 aliphatic rings. The van der Waals surface area contributed by atoms with Crippen molar-refractivity contribution in [1.29, 1.82) is 0 Å². The van der Waals surface area contributed by atoms with E-state index in [2.05, 4.69) is 0 Å². The van der Waals surface area contributed by atoms with Gasteiger partial charge in [-0.25, -0.2) is 0 Å². The van der Waals surface area contributed by atoms with Crippen molar-refractivity contribution in [3.8, 4) is 11.5 Å². The van der Waals surface area contributed by atoms with Gasteiger partial charge in [0.15, 0.2) is 6.29 Å². The van der Waals surface area contributed by atoms with Gasteiger partial charge >= 0.3 is 0 Å². The molecule has 0 spiro atoms. The van der Waals surface area contributed by atoms with Crippen LogP contribution in [0.3, 0.4) is 0 Å². The van der Waals surface area contributed by atoms with Gasteiger partial charge < -0.3 is 4.74 Å². The molecular weight excluding hydrogens is 246 g/mol. The van der Waals surface area contributed by atoms with Crippen LogP contribution in [-0.2, 0) is 0 Å². The highest BCUT2D eigenvalue weighted by Crippen LogP contribution is 2.29. The first-order valence-corrected chi connectivity index (χ1v) is 5.59. The summed E-state index contributed by atoms with van der Waals surface area (Å²) in [6.07, 6.45) is 0.542. The number of benzene rings is 2. The zero-order chi connectivity index (χ0) is 13.8. The number of nitro groups is 1. The molecule has 0 N–H and O–H groups in total. The van der Waals surface area contributed by atoms with Gasteiger partial charge in [0.05, 0.1) is 10.5 Å². The monoisotopic (exact) mass is 257 g/mol. The summed E-state index contributed by atoms with van der Waals surface area (Å²) in [6.45, 7) is 1.88. The van der Waals surface area contributed by atoms with Crippen LogP contribution < -0.4 is 4.74 Å². The first-order chi connectivity index (χ1) is 9.11. The van der Waals surface area contributed by atoms with Gasteiger partial charge in [0.1, 0.15) is 11.5 Å². The highest BCUT2D eigenvalue weighted by atomic mass is 16.6. The zero-order valence-corrected chi connectivity index (χ0v) is 10.2. The maximum Gasteiger partial charge on any atom is 0.270 e. The Morgan fingerprint density at radius 2 is 1.89 bits per heavy atom. The van der Waals surface area contributed by atoms with Crippen LogP contribution in [0.25, 0.3) is 0 Å². The van der Waals surface area contributed by atoms with E-state index >= 15 is 0 Å². The molecular formula is C14H11NO4. The lowest BCUT2D eigenvalue weighted by Gasteiger charge is -2.09. The second kappa shape index (κ2) is 5.30. The molecule has 2 aromatic rings. The van der Waals surface area contributed by atoms with Gasteiger partial charge in [0.25, 0.3) is 5.69 Å². The summed E-state index contributed by atoms with van der Waals surface area (Å²) in [7, 11) is 0. The quantitative estimate of drug-likeness (QED) is 0.477. The second-order valence-corrected chi connectivity index (χ2v) is 3.96. The minimum Gasteiger partial charge on any atom is -0.456 e. The van der Waals surface area contributed by atoms with E-state index in [1.165, 1.54) is 18.2 Å². The standard InChI is InChI=1S/C14H11NO4/c1-10-4-2-3-5-13(10)19-14-7-6-12(15(17)18)8-11(14)9-16/h2-9H,1H3. The lowest BCUT2D eigenvalue weighted by molar-refractivity contribution is -0.384. The highest BCUT2D eigenvalue weighted by Gasteiger charge is 2.12. The van der Waals surface area contributed by atoms with Crippen LogP contribution in [0.4, 0.5) is 5.69 Å². The zero-order valence-electron chi connectivity index (χ0n) is 10.2. The molecule has 96 valence electrons. The number of aldehydes is 1. The predicted octanol–water partition coefficient (Wildman–Crippen LogP) is 3.51. The lowest BCUT2D eigenvalue weighted by Crippen LogP contribution is -1.95. The Morgan fingerprint density at radius 1 is 1.16 bits per heavy atom. The van der Waals surface area contributed by atoms with E-state index < -0.39 is 4.92 Å². The molecule has 5 nitrogen and oxygen atoms in total. The average molecular weight is 257 g/mol. The van der Waals surface area contributed by atoms with Crippen LogP contribution in [0.15, 0.2) is 42.5 Å². The SMILES string of the molecule is Cc1ccccc1Oc1ccc([N+](=O)[O-])cc1C=O. The maximum absolute atomic E-state index is 11.0. The van der Waals surface area contributed by atoms with Crippen molar-refractivity contribution < 1.29 is 14.5 Å². The van der Waals surface area contributed by atoms with E-state index in [-0.39, 0.29) is 11.3 Å². The number of carbonyl (C=O) groups excluding carboxylic acids is 1. The molecule has 0 atom stereocenters. The third-order valence-corrected chi connectivity index (χ3v) is 2.64. The summed E-state index contributed by atoms with van der Waals surface area (Å²) in [5, 5.41) is 10.6. The average Bonchev–Trinajstić information content (AvgIpc) is 2.41. The van der Waals surface area contributed by atoms with Crippen LogP contribution in [-0.4, -0.2) is 11.2 Å². The topological polar surface area (TPSA) is 69.4 Å². The third kappa shape index (κ3) is 2.77. The first kappa shape index (κ1) is 12.8. The fourth-order valence-electron chi connectivity index (χ4n) is 1.62. The van der Waals surface area contributed by atoms with Crippen LogP contribution in [0.5, 0.6) is 11.5 Å². The molecule has 0 saturated heterocycles. The summed E-state index contributed by atoms with van der Waals surface area (Å²) >= 11 is 0. The van der Waals surface area contributed by atoms with Crippen LogP contribution >= 0.6 is 0 Å². The van der Waals surface area contributed by atoms with Crippen molar-refractivity contribution in [2.75, 3.05) is 0 Å². The minimum atomic E-state index is -0.551. The smallest absolute Gasteiger partial charge is 0.270 e. The summed E-state index contributed by atoms with van der Waals surface area (Å²) in [4.78, 5) is 21.1. The molecule has 0 saturated carbocycles. The van der Waals surface area contributed by atoms with Gasteiger partial charge in [-0.1, -0.05) is 18.2 Å². The van der Waals surface area contributed by atoms with Crippen molar-refractivity contribution in [2.24, 2.45) is 0 Å². The maximum atomic E-state index is 11.0. The molecule has 0 heterocycles. The first-order valence-electron chi connectivity index (χ1n) is 5.59. The summed E-state index contributed by atoms with van der Waals surface area (Å²) < 4.78 is 5.61. The van der Waals surface area contributed by atoms with Crippen LogP contribution in [0, 0.1) is 17.0 Å². The fourth-order valence-corrected chi connectivity index (χ4v) is 1.62. The van der Waals surface area contributed by atoms with Crippen molar-refractivity contribution in [3.05, 3.63) is 63.7 Å². The predicted molar refractivity (Wildman–Crippen MR) is 69.7 cm³/mol. The van der Waals surface area contributed by atoms with Gasteiger partial charge in [-0.3, -0.25) is 14.9 Å². The molecule has 0 bridgehead atoms. The normalized spacial score (nSPS) is 9.95. The van der Waals surface area contributed by atoms with Gasteiger partial charge in [0.2, 0.25) is 0 Å². The largest absolute Gasteiger partial charge is 0.456 e. The molecule has 2 rings (SSSR count). The number of non-ortho nitro benzene ring substituents is 1. The summed E-state index contributed by atoms with van der Waals surface area (Å²) in [5.41, 5.74) is 0.925. The number of nitrogens with zero attached hydrogens (tertiary/aromatic N) is 1. The molecule has 5 heteroatoms. The molecule has 0 aliphatic carbocycles. The number of hydrogen-bond donors (Lipinski definition) is 0. The lowest BCUT2D eigenvalue weighted by atomic mass is 10.2. The Balaban J connectivity index is 2.38. The number of hydrogen-bond acceptors (Lipinski definition) is 4. The van der Waals surface area contributed by atoms with Crippen LogP contribution in [0.1, 0.15) is 15.9 Å². The molecule has 19 heavy (non-hydrogen) atoms. The van der Waals surface area contributed by atoms with E-state index in [1.54, 1.807) is 6.07 Å². The Hall–Kier alpha value is -2.69. The number of rotatable bonds is 4. The molecule has 0 aromatic heterocycles. The number of carbonyl (C=O) groups is 1. The summed E-state index contributed by atoms with van der Waals surface area (Å²) in [6, 6.07) is 11.3. The molecule has 2 aromatic carbocycles. The van der Waals surface area contributed by atoms with Crippen molar-refractivity contribution in [2.45, 2.75) is 6.92 Å². The Labute approximate surface area is 109 Å². The van der Waals surface area contributed by atoms with Crippen LogP contribution in [0.2, 0.25) is 0 Å². The van der Waals surface area contributed by atoms with Crippen molar-refractivity contribution in [3.63, 3.8) is 0 Å². The molecule has 0 unspecified atom stereocenters. The minimum absolute atomic E-state index is 0.140. The van der Waals surface area contributed by atoms with E-state index in [4.69, 9.17) is 4.74 Å². The summed E-state index contributed by atoms with van der Waals surface area (Å²) in [5.74, 6) is 0.911. The number of aryl methyl sites for hydroxylation is 1.